The van der Waals surface area contributed by atoms with E-state index < -0.39 is 0 Å². The van der Waals surface area contributed by atoms with Crippen LogP contribution >= 0.6 is 11.8 Å². The molecule has 0 aliphatic carbocycles. The average molecular weight is 355 g/mol. The lowest BCUT2D eigenvalue weighted by atomic mass is 10.2. The smallest absolute Gasteiger partial charge is 0.249 e. The van der Waals surface area contributed by atoms with E-state index in [4.69, 9.17) is 4.74 Å². The van der Waals surface area contributed by atoms with Crippen molar-refractivity contribution in [3.63, 3.8) is 0 Å². The minimum absolute atomic E-state index is 0.161. The monoisotopic (exact) mass is 355 g/mol. The van der Waals surface area contributed by atoms with E-state index in [0.29, 0.717) is 23.1 Å². The lowest BCUT2D eigenvalue weighted by Crippen LogP contribution is -2.15. The highest BCUT2D eigenvalue weighted by atomic mass is 32.2. The standard InChI is InChI=1S/C17H17N5O2S/c1-24-14-8-3-2-7-13(14)16-20-17(22-21-16)19-15(23)11-25-10-12-6-4-5-9-18-12/h2-9H,10-11H2,1H3,(H2,19,20,21,22,23). The number of hydrogen-bond donors (Lipinski definition) is 2. The number of para-hydroxylation sites is 1. The number of nitrogens with zero attached hydrogens (tertiary/aromatic N) is 3. The maximum absolute atomic E-state index is 12.0. The molecule has 0 spiro atoms. The lowest BCUT2D eigenvalue weighted by molar-refractivity contribution is -0.113. The fourth-order valence-corrected chi connectivity index (χ4v) is 2.91. The van der Waals surface area contributed by atoms with Gasteiger partial charge in [-0.05, 0) is 24.3 Å². The molecule has 7 nitrogen and oxygen atoms in total. The van der Waals surface area contributed by atoms with E-state index >= 15 is 0 Å². The number of thioether (sulfide) groups is 1. The van der Waals surface area contributed by atoms with Gasteiger partial charge in [-0.3, -0.25) is 20.2 Å². The number of rotatable bonds is 7. The van der Waals surface area contributed by atoms with Crippen LogP contribution < -0.4 is 10.1 Å². The number of anilines is 1. The molecule has 0 saturated carbocycles. The summed E-state index contributed by atoms with van der Waals surface area (Å²) in [7, 11) is 1.59. The highest BCUT2D eigenvalue weighted by molar-refractivity contribution is 7.99. The highest BCUT2D eigenvalue weighted by Gasteiger charge is 2.12. The zero-order chi connectivity index (χ0) is 17.5. The molecule has 0 unspecified atom stereocenters. The van der Waals surface area contributed by atoms with Crippen LogP contribution in [0.4, 0.5) is 5.95 Å². The second-order valence-corrected chi connectivity index (χ2v) is 6.06. The Balaban J connectivity index is 1.55. The molecule has 0 fully saturated rings. The average Bonchev–Trinajstić information content (AvgIpc) is 3.10. The first-order valence-electron chi connectivity index (χ1n) is 7.59. The second kappa shape index (κ2) is 8.29. The maximum atomic E-state index is 12.0. The fourth-order valence-electron chi connectivity index (χ4n) is 2.17. The third-order valence-electron chi connectivity index (χ3n) is 3.31. The van der Waals surface area contributed by atoms with Crippen LogP contribution in [-0.2, 0) is 10.5 Å². The zero-order valence-electron chi connectivity index (χ0n) is 13.6. The van der Waals surface area contributed by atoms with Gasteiger partial charge in [0.05, 0.1) is 24.1 Å². The molecular formula is C17H17N5O2S. The Kier molecular flexibility index (Phi) is 5.63. The normalized spacial score (nSPS) is 10.4. The molecule has 0 saturated heterocycles. The fraction of sp³-hybridized carbons (Fsp3) is 0.176. The molecule has 8 heteroatoms. The van der Waals surface area contributed by atoms with E-state index in [1.165, 1.54) is 11.8 Å². The summed E-state index contributed by atoms with van der Waals surface area (Å²) in [5, 5.41) is 9.52. The Labute approximate surface area is 149 Å². The Morgan fingerprint density at radius 1 is 1.24 bits per heavy atom. The van der Waals surface area contributed by atoms with Crippen LogP contribution in [0.15, 0.2) is 48.7 Å². The first-order valence-corrected chi connectivity index (χ1v) is 8.75. The van der Waals surface area contributed by atoms with Crippen molar-refractivity contribution in [3.05, 3.63) is 54.4 Å². The molecule has 128 valence electrons. The van der Waals surface area contributed by atoms with E-state index in [1.807, 2.05) is 42.5 Å². The highest BCUT2D eigenvalue weighted by Crippen LogP contribution is 2.27. The van der Waals surface area contributed by atoms with E-state index in [1.54, 1.807) is 13.3 Å². The minimum Gasteiger partial charge on any atom is -0.496 e. The van der Waals surface area contributed by atoms with Gasteiger partial charge in [-0.1, -0.05) is 18.2 Å². The molecule has 0 aliphatic heterocycles. The summed E-state index contributed by atoms with van der Waals surface area (Å²) >= 11 is 1.48. The summed E-state index contributed by atoms with van der Waals surface area (Å²) in [6.07, 6.45) is 1.74. The second-order valence-electron chi connectivity index (χ2n) is 5.07. The van der Waals surface area contributed by atoms with Crippen molar-refractivity contribution >= 4 is 23.6 Å². The predicted molar refractivity (Wildman–Crippen MR) is 97.4 cm³/mol. The van der Waals surface area contributed by atoms with Gasteiger partial charge in [-0.25, -0.2) is 0 Å². The van der Waals surface area contributed by atoms with Crippen molar-refractivity contribution in [2.24, 2.45) is 0 Å². The first-order chi connectivity index (χ1) is 12.3. The largest absolute Gasteiger partial charge is 0.496 e. The molecule has 3 rings (SSSR count). The number of aromatic nitrogens is 4. The van der Waals surface area contributed by atoms with Crippen LogP contribution in [0.2, 0.25) is 0 Å². The SMILES string of the molecule is COc1ccccc1-c1nc(NC(=O)CSCc2ccccn2)n[nH]1. The van der Waals surface area contributed by atoms with E-state index in [9.17, 15) is 4.79 Å². The summed E-state index contributed by atoms with van der Waals surface area (Å²) in [6.45, 7) is 0. The molecule has 0 atom stereocenters. The Morgan fingerprint density at radius 2 is 2.08 bits per heavy atom. The number of pyridine rings is 1. The maximum Gasteiger partial charge on any atom is 0.249 e. The molecular weight excluding hydrogens is 338 g/mol. The van der Waals surface area contributed by atoms with Crippen molar-refractivity contribution in [1.29, 1.82) is 0 Å². The lowest BCUT2D eigenvalue weighted by Gasteiger charge is -2.04. The van der Waals surface area contributed by atoms with Gasteiger partial charge in [0.15, 0.2) is 5.82 Å². The first kappa shape index (κ1) is 17.0. The predicted octanol–water partition coefficient (Wildman–Crippen LogP) is 2.75. The summed E-state index contributed by atoms with van der Waals surface area (Å²) < 4.78 is 5.30. The minimum atomic E-state index is -0.161. The summed E-state index contributed by atoms with van der Waals surface area (Å²) in [6, 6.07) is 13.2. The number of amides is 1. The van der Waals surface area contributed by atoms with Gasteiger partial charge >= 0.3 is 0 Å². The molecule has 0 radical (unpaired) electrons. The number of benzene rings is 1. The van der Waals surface area contributed by atoms with Gasteiger partial charge in [0.25, 0.3) is 0 Å². The van der Waals surface area contributed by atoms with Crippen molar-refractivity contribution in [2.45, 2.75) is 5.75 Å². The number of nitrogens with one attached hydrogen (secondary N) is 2. The molecule has 0 aliphatic rings. The summed E-state index contributed by atoms with van der Waals surface area (Å²) in [5.74, 6) is 2.27. The molecule has 3 aromatic rings. The van der Waals surface area contributed by atoms with Crippen LogP contribution in [0.5, 0.6) is 5.75 Å². The number of carbonyl (C=O) groups excluding carboxylic acids is 1. The molecule has 1 aromatic carbocycles. The number of aromatic amines is 1. The quantitative estimate of drug-likeness (QED) is 0.677. The van der Waals surface area contributed by atoms with Crippen molar-refractivity contribution < 1.29 is 9.53 Å². The van der Waals surface area contributed by atoms with Crippen LogP contribution in [0.3, 0.4) is 0 Å². The number of H-pyrrole nitrogens is 1. The van der Waals surface area contributed by atoms with Crippen molar-refractivity contribution in [1.82, 2.24) is 20.2 Å². The number of hydrogen-bond acceptors (Lipinski definition) is 6. The zero-order valence-corrected chi connectivity index (χ0v) is 14.4. The molecule has 0 bridgehead atoms. The van der Waals surface area contributed by atoms with Crippen LogP contribution in [0, 0.1) is 0 Å². The van der Waals surface area contributed by atoms with E-state index in [-0.39, 0.29) is 11.9 Å². The van der Waals surface area contributed by atoms with Crippen LogP contribution in [-0.4, -0.2) is 38.9 Å². The van der Waals surface area contributed by atoms with E-state index in [2.05, 4.69) is 25.5 Å². The molecule has 1 amide bonds. The Hall–Kier alpha value is -2.87. The molecule has 2 N–H and O–H groups in total. The third-order valence-corrected chi connectivity index (χ3v) is 4.27. The van der Waals surface area contributed by atoms with Gasteiger partial charge < -0.3 is 4.74 Å². The van der Waals surface area contributed by atoms with Crippen molar-refractivity contribution in [2.75, 3.05) is 18.2 Å². The van der Waals surface area contributed by atoms with Gasteiger partial charge in [-0.15, -0.1) is 16.9 Å². The number of methoxy groups -OCH3 is 1. The van der Waals surface area contributed by atoms with Gasteiger partial charge in [-0.2, -0.15) is 4.98 Å². The van der Waals surface area contributed by atoms with Gasteiger partial charge in [0.1, 0.15) is 5.75 Å². The topological polar surface area (TPSA) is 92.8 Å². The van der Waals surface area contributed by atoms with Gasteiger partial charge in [0.2, 0.25) is 11.9 Å². The summed E-state index contributed by atoms with van der Waals surface area (Å²) in [4.78, 5) is 20.5. The third kappa shape index (κ3) is 4.57. The summed E-state index contributed by atoms with van der Waals surface area (Å²) in [5.41, 5.74) is 1.72. The molecule has 25 heavy (non-hydrogen) atoms. The molecule has 2 aromatic heterocycles. The number of ether oxygens (including phenoxy) is 1. The van der Waals surface area contributed by atoms with Crippen LogP contribution in [0.1, 0.15) is 5.69 Å². The van der Waals surface area contributed by atoms with E-state index in [0.717, 1.165) is 11.3 Å². The molecule has 2 heterocycles. The van der Waals surface area contributed by atoms with Gasteiger partial charge in [0, 0.05) is 11.9 Å². The van der Waals surface area contributed by atoms with Crippen molar-refractivity contribution in [3.8, 4) is 17.1 Å². The van der Waals surface area contributed by atoms with Crippen LogP contribution in [0.25, 0.3) is 11.4 Å². The number of carbonyl (C=O) groups is 1. The Morgan fingerprint density at radius 3 is 2.88 bits per heavy atom. The Bertz CT molecular complexity index is 838.